The summed E-state index contributed by atoms with van der Waals surface area (Å²) in [6.45, 7) is 5.65. The van der Waals surface area contributed by atoms with Gasteiger partial charge in [0.2, 0.25) is 11.8 Å². The molecule has 0 aliphatic heterocycles. The fourth-order valence-corrected chi connectivity index (χ4v) is 2.94. The predicted molar refractivity (Wildman–Crippen MR) is 107 cm³/mol. The second-order valence-corrected chi connectivity index (χ2v) is 6.38. The van der Waals surface area contributed by atoms with E-state index in [0.29, 0.717) is 17.2 Å². The summed E-state index contributed by atoms with van der Waals surface area (Å²) in [4.78, 5) is 26.1. The number of rotatable bonds is 7. The number of hydrogen-bond donors (Lipinski definition) is 1. The number of benzene rings is 2. The van der Waals surface area contributed by atoms with Crippen LogP contribution >= 0.6 is 0 Å². The van der Waals surface area contributed by atoms with Gasteiger partial charge in [0, 0.05) is 31.6 Å². The van der Waals surface area contributed by atoms with Crippen molar-refractivity contribution in [2.45, 2.75) is 27.2 Å². The van der Waals surface area contributed by atoms with Crippen LogP contribution in [0.4, 0.5) is 11.4 Å². The highest BCUT2D eigenvalue weighted by Crippen LogP contribution is 2.32. The molecular weight excluding hydrogens is 344 g/mol. The van der Waals surface area contributed by atoms with E-state index in [4.69, 9.17) is 9.47 Å². The number of anilines is 2. The molecule has 0 bridgehead atoms. The van der Waals surface area contributed by atoms with Gasteiger partial charge in [0.05, 0.1) is 19.9 Å². The van der Waals surface area contributed by atoms with Crippen molar-refractivity contribution in [3.8, 4) is 11.5 Å². The van der Waals surface area contributed by atoms with E-state index in [-0.39, 0.29) is 24.8 Å². The molecule has 2 aromatic rings. The number of amides is 2. The van der Waals surface area contributed by atoms with E-state index >= 15 is 0 Å². The molecule has 2 rings (SSSR count). The molecular formula is C21H26N2O4. The minimum atomic E-state index is -0.180. The van der Waals surface area contributed by atoms with Gasteiger partial charge in [-0.1, -0.05) is 6.07 Å². The van der Waals surface area contributed by atoms with E-state index in [1.165, 1.54) is 18.9 Å². The fourth-order valence-electron chi connectivity index (χ4n) is 2.94. The van der Waals surface area contributed by atoms with Crippen molar-refractivity contribution in [1.82, 2.24) is 0 Å². The van der Waals surface area contributed by atoms with E-state index in [2.05, 4.69) is 5.32 Å². The van der Waals surface area contributed by atoms with Crippen LogP contribution in [0.1, 0.15) is 24.5 Å². The first kappa shape index (κ1) is 20.3. The van der Waals surface area contributed by atoms with Crippen molar-refractivity contribution >= 4 is 23.2 Å². The molecule has 0 aliphatic carbocycles. The van der Waals surface area contributed by atoms with Gasteiger partial charge in [0.25, 0.3) is 0 Å². The van der Waals surface area contributed by atoms with E-state index in [1.54, 1.807) is 25.3 Å². The van der Waals surface area contributed by atoms with Crippen LogP contribution in [0, 0.1) is 13.8 Å². The Balaban J connectivity index is 2.13. The predicted octanol–water partition coefficient (Wildman–Crippen LogP) is 3.70. The fraction of sp³-hybridized carbons (Fsp3) is 0.333. The van der Waals surface area contributed by atoms with E-state index in [1.807, 2.05) is 32.0 Å². The number of carbonyl (C=O) groups is 2. The highest BCUT2D eigenvalue weighted by molar-refractivity contribution is 5.96. The van der Waals surface area contributed by atoms with Crippen LogP contribution in [0.5, 0.6) is 11.5 Å². The number of carbonyl (C=O) groups excluding carboxylic acids is 2. The number of nitrogens with zero attached hydrogens (tertiary/aromatic N) is 1. The molecule has 0 unspecified atom stereocenters. The lowest BCUT2D eigenvalue weighted by molar-refractivity contribution is -0.117. The largest absolute Gasteiger partial charge is 0.497 e. The third kappa shape index (κ3) is 5.48. The first-order valence-corrected chi connectivity index (χ1v) is 8.72. The zero-order valence-corrected chi connectivity index (χ0v) is 16.5. The van der Waals surface area contributed by atoms with Crippen molar-refractivity contribution in [1.29, 1.82) is 0 Å². The minimum Gasteiger partial charge on any atom is -0.497 e. The Morgan fingerprint density at radius 1 is 1.00 bits per heavy atom. The lowest BCUT2D eigenvalue weighted by Crippen LogP contribution is -2.32. The summed E-state index contributed by atoms with van der Waals surface area (Å²) in [7, 11) is 3.09. The summed E-state index contributed by atoms with van der Waals surface area (Å²) in [6, 6.07) is 11.1. The quantitative estimate of drug-likeness (QED) is 0.807. The SMILES string of the molecule is COc1ccc(OC)c(N(CCC(=O)Nc2cc(C)cc(C)c2)C(C)=O)c1. The van der Waals surface area contributed by atoms with Crippen molar-refractivity contribution < 1.29 is 19.1 Å². The Bertz CT molecular complexity index is 813. The van der Waals surface area contributed by atoms with E-state index < -0.39 is 0 Å². The van der Waals surface area contributed by atoms with Crippen LogP contribution in [0.2, 0.25) is 0 Å². The molecule has 0 spiro atoms. The van der Waals surface area contributed by atoms with Crippen LogP contribution in [-0.4, -0.2) is 32.6 Å². The van der Waals surface area contributed by atoms with Gasteiger partial charge in [-0.25, -0.2) is 0 Å². The molecule has 0 heterocycles. The van der Waals surface area contributed by atoms with Gasteiger partial charge in [-0.2, -0.15) is 0 Å². The molecule has 0 aliphatic rings. The van der Waals surface area contributed by atoms with Crippen LogP contribution in [-0.2, 0) is 9.59 Å². The molecule has 0 atom stereocenters. The zero-order valence-electron chi connectivity index (χ0n) is 16.5. The monoisotopic (exact) mass is 370 g/mol. The van der Waals surface area contributed by atoms with Gasteiger partial charge in [-0.3, -0.25) is 9.59 Å². The molecule has 0 saturated heterocycles. The molecule has 0 saturated carbocycles. The van der Waals surface area contributed by atoms with Crippen molar-refractivity contribution in [3.63, 3.8) is 0 Å². The average Bonchev–Trinajstić information content (AvgIpc) is 2.60. The third-order valence-electron chi connectivity index (χ3n) is 4.12. The summed E-state index contributed by atoms with van der Waals surface area (Å²) < 4.78 is 10.6. The first-order valence-electron chi connectivity index (χ1n) is 8.72. The summed E-state index contributed by atoms with van der Waals surface area (Å²) in [5.74, 6) is 0.811. The van der Waals surface area contributed by atoms with Crippen molar-refractivity contribution in [2.75, 3.05) is 31.0 Å². The summed E-state index contributed by atoms with van der Waals surface area (Å²) in [5, 5.41) is 2.89. The third-order valence-corrected chi connectivity index (χ3v) is 4.12. The second-order valence-electron chi connectivity index (χ2n) is 6.38. The summed E-state index contributed by atoms with van der Waals surface area (Å²) in [6.07, 6.45) is 0.160. The average molecular weight is 370 g/mol. The standard InChI is InChI=1S/C21H26N2O4/c1-14-10-15(2)12-17(11-14)22-21(25)8-9-23(16(3)24)19-13-18(26-4)6-7-20(19)27-5/h6-7,10-13H,8-9H2,1-5H3,(H,22,25). The number of ether oxygens (including phenoxy) is 2. The maximum absolute atomic E-state index is 12.4. The molecule has 0 radical (unpaired) electrons. The van der Waals surface area contributed by atoms with Gasteiger partial charge in [-0.15, -0.1) is 0 Å². The minimum absolute atomic E-state index is 0.159. The van der Waals surface area contributed by atoms with Crippen LogP contribution < -0.4 is 19.7 Å². The molecule has 6 heteroatoms. The molecule has 2 aromatic carbocycles. The second kappa shape index (κ2) is 9.07. The smallest absolute Gasteiger partial charge is 0.226 e. The lowest BCUT2D eigenvalue weighted by atomic mass is 10.1. The van der Waals surface area contributed by atoms with Crippen LogP contribution in [0.15, 0.2) is 36.4 Å². The number of hydrogen-bond acceptors (Lipinski definition) is 4. The number of methoxy groups -OCH3 is 2. The van der Waals surface area contributed by atoms with Gasteiger partial charge in [0.15, 0.2) is 0 Å². The van der Waals surface area contributed by atoms with Gasteiger partial charge in [0.1, 0.15) is 11.5 Å². The molecule has 27 heavy (non-hydrogen) atoms. The summed E-state index contributed by atoms with van der Waals surface area (Å²) >= 11 is 0. The van der Waals surface area contributed by atoms with Gasteiger partial charge >= 0.3 is 0 Å². The number of nitrogens with one attached hydrogen (secondary N) is 1. The molecule has 6 nitrogen and oxygen atoms in total. The van der Waals surface area contributed by atoms with Crippen LogP contribution in [0.3, 0.4) is 0 Å². The van der Waals surface area contributed by atoms with Crippen molar-refractivity contribution in [3.05, 3.63) is 47.5 Å². The molecule has 0 fully saturated rings. The van der Waals surface area contributed by atoms with Crippen LogP contribution in [0.25, 0.3) is 0 Å². The normalized spacial score (nSPS) is 10.3. The Morgan fingerprint density at radius 3 is 2.22 bits per heavy atom. The number of aryl methyl sites for hydroxylation is 2. The maximum Gasteiger partial charge on any atom is 0.226 e. The molecule has 144 valence electrons. The first-order chi connectivity index (χ1) is 12.8. The zero-order chi connectivity index (χ0) is 20.0. The molecule has 1 N–H and O–H groups in total. The topological polar surface area (TPSA) is 67.9 Å². The van der Waals surface area contributed by atoms with E-state index in [9.17, 15) is 9.59 Å². The highest BCUT2D eigenvalue weighted by atomic mass is 16.5. The Kier molecular flexibility index (Phi) is 6.82. The molecule has 2 amide bonds. The van der Waals surface area contributed by atoms with Gasteiger partial charge < -0.3 is 19.7 Å². The molecule has 0 aromatic heterocycles. The lowest BCUT2D eigenvalue weighted by Gasteiger charge is -2.23. The Morgan fingerprint density at radius 2 is 1.67 bits per heavy atom. The van der Waals surface area contributed by atoms with Gasteiger partial charge in [-0.05, 0) is 49.2 Å². The summed E-state index contributed by atoms with van der Waals surface area (Å²) in [5.41, 5.74) is 3.49. The Hall–Kier alpha value is -3.02. The maximum atomic E-state index is 12.4. The highest BCUT2D eigenvalue weighted by Gasteiger charge is 2.18. The Labute approximate surface area is 160 Å². The van der Waals surface area contributed by atoms with Crippen molar-refractivity contribution in [2.24, 2.45) is 0 Å². The van der Waals surface area contributed by atoms with E-state index in [0.717, 1.165) is 16.8 Å².